The first-order valence-electron chi connectivity index (χ1n) is 6.51. The average Bonchev–Trinajstić information content (AvgIpc) is 2.33. The molecule has 0 heterocycles. The minimum atomic E-state index is -0.329. The largest absolute Gasteiger partial charge is 0.733 e. The Morgan fingerprint density at radius 1 is 1.43 bits per heavy atom. The number of nitrogens with one attached hydrogen (secondary N) is 1. The van der Waals surface area contributed by atoms with Gasteiger partial charge in [0, 0.05) is 18.7 Å². The lowest BCUT2D eigenvalue weighted by Crippen LogP contribution is -2.39. The van der Waals surface area contributed by atoms with Gasteiger partial charge in [-0.25, -0.2) is 0 Å². The average molecular weight is 315 g/mol. The number of rotatable bonds is 6. The van der Waals surface area contributed by atoms with Crippen molar-refractivity contribution in [1.82, 2.24) is 10.2 Å². The maximum atomic E-state index is 12.1. The number of carbonyl (C=O) groups is 1. The van der Waals surface area contributed by atoms with E-state index in [-0.39, 0.29) is 27.3 Å². The summed E-state index contributed by atoms with van der Waals surface area (Å²) in [6.07, 6.45) is 0. The van der Waals surface area contributed by atoms with E-state index in [1.54, 1.807) is 0 Å². The van der Waals surface area contributed by atoms with Gasteiger partial charge in [-0.05, 0) is 37.7 Å². The van der Waals surface area contributed by atoms with E-state index in [9.17, 15) is 10.0 Å². The number of benzene rings is 1. The molecule has 0 aromatic heterocycles. The molecule has 7 heteroatoms. The van der Waals surface area contributed by atoms with Crippen LogP contribution in [0.5, 0.6) is 0 Å². The molecular weight excluding hydrogens is 294 g/mol. The minimum Gasteiger partial charge on any atom is -0.733 e. The summed E-state index contributed by atoms with van der Waals surface area (Å²) in [5, 5.41) is 22.1. The molecule has 1 aromatic carbocycles. The Morgan fingerprint density at radius 2 is 2.05 bits per heavy atom. The van der Waals surface area contributed by atoms with Crippen LogP contribution in [0.2, 0.25) is 5.02 Å². The standard InChI is InChI=1S/C14H21ClN3O3/c1-14(2,9-17(3)4)8-16-13(19)10-5-6-12(18(20)21)11(15)7-10/h5-7,20H,8-9H2,1-4H3,(H,16,19)/q-1. The normalized spacial score (nSPS) is 11.6. The zero-order chi connectivity index (χ0) is 16.2. The van der Waals surface area contributed by atoms with Gasteiger partial charge in [0.25, 0.3) is 5.91 Å². The molecule has 21 heavy (non-hydrogen) atoms. The Labute approximate surface area is 129 Å². The van der Waals surface area contributed by atoms with Crippen molar-refractivity contribution < 1.29 is 10.0 Å². The molecule has 0 spiro atoms. The van der Waals surface area contributed by atoms with Gasteiger partial charge < -0.3 is 20.7 Å². The first-order valence-corrected chi connectivity index (χ1v) is 6.89. The van der Waals surface area contributed by atoms with Gasteiger partial charge in [-0.2, -0.15) is 0 Å². The van der Waals surface area contributed by atoms with E-state index < -0.39 is 0 Å². The van der Waals surface area contributed by atoms with Gasteiger partial charge in [-0.1, -0.05) is 25.4 Å². The Balaban J connectivity index is 2.70. The highest BCUT2D eigenvalue weighted by atomic mass is 35.5. The fourth-order valence-corrected chi connectivity index (χ4v) is 2.39. The molecule has 0 bridgehead atoms. The second-order valence-corrected chi connectivity index (χ2v) is 6.43. The van der Waals surface area contributed by atoms with E-state index in [0.717, 1.165) is 6.54 Å². The van der Waals surface area contributed by atoms with Crippen LogP contribution in [0.3, 0.4) is 0 Å². The lowest BCUT2D eigenvalue weighted by molar-refractivity contribution is 0.0929. The van der Waals surface area contributed by atoms with Gasteiger partial charge in [0.2, 0.25) is 0 Å². The molecule has 0 atom stereocenters. The summed E-state index contributed by atoms with van der Waals surface area (Å²) in [6.45, 7) is 5.47. The third-order valence-electron chi connectivity index (χ3n) is 2.89. The predicted octanol–water partition coefficient (Wildman–Crippen LogP) is 2.35. The molecule has 0 aliphatic carbocycles. The second-order valence-electron chi connectivity index (χ2n) is 6.02. The Kier molecular flexibility index (Phi) is 5.98. The zero-order valence-electron chi connectivity index (χ0n) is 12.7. The first kappa shape index (κ1) is 17.7. The molecule has 118 valence electrons. The van der Waals surface area contributed by atoms with Crippen molar-refractivity contribution in [3.63, 3.8) is 0 Å². The molecule has 0 saturated heterocycles. The van der Waals surface area contributed by atoms with Gasteiger partial charge in [0.1, 0.15) is 0 Å². The van der Waals surface area contributed by atoms with Crippen molar-refractivity contribution >= 4 is 23.2 Å². The molecule has 1 rings (SSSR count). The SMILES string of the molecule is CN(C)CC(C)(C)CNC(=O)c1ccc(N([O-])O)c(Cl)c1. The minimum absolute atomic E-state index is 0.0210. The molecule has 0 aliphatic heterocycles. The molecular formula is C14H21ClN3O3-. The number of hydrogen-bond donors (Lipinski definition) is 2. The van der Waals surface area contributed by atoms with Crippen LogP contribution in [0, 0.1) is 10.6 Å². The lowest BCUT2D eigenvalue weighted by Gasteiger charge is -2.28. The van der Waals surface area contributed by atoms with Crippen molar-refractivity contribution in [1.29, 1.82) is 0 Å². The molecule has 0 radical (unpaired) electrons. The van der Waals surface area contributed by atoms with Crippen LogP contribution < -0.4 is 10.5 Å². The molecule has 0 saturated carbocycles. The Morgan fingerprint density at radius 3 is 2.52 bits per heavy atom. The van der Waals surface area contributed by atoms with E-state index in [4.69, 9.17) is 16.8 Å². The van der Waals surface area contributed by atoms with E-state index in [1.807, 2.05) is 14.1 Å². The zero-order valence-corrected chi connectivity index (χ0v) is 13.4. The number of nitrogens with zero attached hydrogens (tertiary/aromatic N) is 2. The van der Waals surface area contributed by atoms with E-state index in [0.29, 0.717) is 12.1 Å². The topological polar surface area (TPSA) is 78.9 Å². The van der Waals surface area contributed by atoms with Crippen molar-refractivity contribution in [2.24, 2.45) is 5.41 Å². The fraction of sp³-hybridized carbons (Fsp3) is 0.500. The molecule has 2 N–H and O–H groups in total. The van der Waals surface area contributed by atoms with E-state index >= 15 is 0 Å². The van der Waals surface area contributed by atoms with E-state index in [1.165, 1.54) is 18.2 Å². The maximum absolute atomic E-state index is 12.1. The Hall–Kier alpha value is -1.34. The summed E-state index contributed by atoms with van der Waals surface area (Å²) in [5.41, 5.74) is 0.173. The third kappa shape index (κ3) is 5.51. The number of amides is 1. The van der Waals surface area contributed by atoms with Gasteiger partial charge >= 0.3 is 0 Å². The summed E-state index contributed by atoms with van der Waals surface area (Å²) < 4.78 is 0. The number of halogens is 1. The highest BCUT2D eigenvalue weighted by Gasteiger charge is 2.20. The number of carbonyl (C=O) groups excluding carboxylic acids is 1. The predicted molar refractivity (Wildman–Crippen MR) is 83.8 cm³/mol. The molecule has 0 unspecified atom stereocenters. The lowest BCUT2D eigenvalue weighted by atomic mass is 9.93. The van der Waals surface area contributed by atoms with Gasteiger partial charge in [0.05, 0.1) is 10.7 Å². The van der Waals surface area contributed by atoms with Gasteiger partial charge in [0.15, 0.2) is 0 Å². The van der Waals surface area contributed by atoms with Gasteiger partial charge in [-0.15, -0.1) is 0 Å². The van der Waals surface area contributed by atoms with Crippen LogP contribution in [0.25, 0.3) is 0 Å². The second kappa shape index (κ2) is 7.09. The summed E-state index contributed by atoms with van der Waals surface area (Å²) in [4.78, 5) is 14.1. The fourth-order valence-electron chi connectivity index (χ4n) is 2.14. The number of anilines is 1. The smallest absolute Gasteiger partial charge is 0.251 e. The van der Waals surface area contributed by atoms with Crippen molar-refractivity contribution in [3.05, 3.63) is 34.0 Å². The van der Waals surface area contributed by atoms with Crippen molar-refractivity contribution in [2.75, 3.05) is 32.4 Å². The van der Waals surface area contributed by atoms with E-state index in [2.05, 4.69) is 24.1 Å². The summed E-state index contributed by atoms with van der Waals surface area (Å²) in [7, 11) is 3.96. The summed E-state index contributed by atoms with van der Waals surface area (Å²) in [6, 6.07) is 4.10. The quantitative estimate of drug-likeness (QED) is 0.788. The van der Waals surface area contributed by atoms with Crippen molar-refractivity contribution in [2.45, 2.75) is 13.8 Å². The molecule has 1 aromatic rings. The number of hydrogen-bond acceptors (Lipinski definition) is 5. The van der Waals surface area contributed by atoms with Gasteiger partial charge in [-0.3, -0.25) is 10.0 Å². The van der Waals surface area contributed by atoms with Crippen LogP contribution in [0.15, 0.2) is 18.2 Å². The Bertz CT molecular complexity index is 504. The third-order valence-corrected chi connectivity index (χ3v) is 3.19. The summed E-state index contributed by atoms with van der Waals surface area (Å²) >= 11 is 5.84. The van der Waals surface area contributed by atoms with Crippen LogP contribution in [-0.4, -0.2) is 43.2 Å². The van der Waals surface area contributed by atoms with Crippen LogP contribution in [-0.2, 0) is 0 Å². The monoisotopic (exact) mass is 314 g/mol. The van der Waals surface area contributed by atoms with Crippen LogP contribution in [0.1, 0.15) is 24.2 Å². The first-order chi connectivity index (χ1) is 9.62. The molecule has 0 fully saturated rings. The maximum Gasteiger partial charge on any atom is 0.251 e. The molecule has 0 aliphatic rings. The highest BCUT2D eigenvalue weighted by Crippen LogP contribution is 2.25. The van der Waals surface area contributed by atoms with Crippen LogP contribution >= 0.6 is 11.6 Å². The molecule has 6 nitrogen and oxygen atoms in total. The highest BCUT2D eigenvalue weighted by molar-refractivity contribution is 6.33. The van der Waals surface area contributed by atoms with Crippen LogP contribution in [0.4, 0.5) is 5.69 Å². The van der Waals surface area contributed by atoms with Crippen molar-refractivity contribution in [3.8, 4) is 0 Å². The molecule has 1 amide bonds. The summed E-state index contributed by atoms with van der Waals surface area (Å²) in [5.74, 6) is -0.273.